The molecule has 1 aromatic rings. The van der Waals surface area contributed by atoms with Gasteiger partial charge in [-0.15, -0.1) is 10.2 Å². The van der Waals surface area contributed by atoms with E-state index in [1.165, 1.54) is 11.9 Å². The van der Waals surface area contributed by atoms with E-state index in [-0.39, 0.29) is 11.0 Å². The highest BCUT2D eigenvalue weighted by molar-refractivity contribution is 6.31. The van der Waals surface area contributed by atoms with E-state index in [2.05, 4.69) is 15.2 Å². The average molecular weight is 314 g/mol. The summed E-state index contributed by atoms with van der Waals surface area (Å²) in [6, 6.07) is 0. The van der Waals surface area contributed by atoms with Gasteiger partial charge in [-0.3, -0.25) is 0 Å². The molecule has 0 unspecified atom stereocenters. The Hall–Kier alpha value is -1.19. The number of aryl methyl sites for hydroxylation is 1. The molecule has 114 valence electrons. The summed E-state index contributed by atoms with van der Waals surface area (Å²) in [6.45, 7) is -0.135. The van der Waals surface area contributed by atoms with Crippen LogP contribution >= 0.6 is 11.6 Å². The molecule has 20 heavy (non-hydrogen) atoms. The van der Waals surface area contributed by atoms with E-state index in [1.54, 1.807) is 0 Å². The van der Waals surface area contributed by atoms with Crippen LogP contribution in [-0.2, 0) is 6.42 Å². The van der Waals surface area contributed by atoms with E-state index in [9.17, 15) is 13.2 Å². The second-order valence-corrected chi connectivity index (χ2v) is 4.69. The molecule has 1 atom stereocenters. The Labute approximate surface area is 118 Å². The fraction of sp³-hybridized carbons (Fsp3) is 0.700. The summed E-state index contributed by atoms with van der Waals surface area (Å²) in [4.78, 5) is 5.27. The van der Waals surface area contributed by atoms with Crippen LogP contribution in [0.3, 0.4) is 0 Å². The summed E-state index contributed by atoms with van der Waals surface area (Å²) in [5, 5.41) is 16.2. The molecule has 0 saturated carbocycles. The molecule has 0 spiro atoms. The monoisotopic (exact) mass is 313 g/mol. The number of nitrogen functional groups attached to an aromatic ring is 1. The molecule has 6 nitrogen and oxygen atoms in total. The SMILES string of the molecule is CN(CCCc1nnc(Cl)c(N)n1)C[C@@H](O)C(F)(F)F. The zero-order valence-corrected chi connectivity index (χ0v) is 11.5. The third-order valence-electron chi connectivity index (χ3n) is 2.52. The highest BCUT2D eigenvalue weighted by Crippen LogP contribution is 2.20. The predicted octanol–water partition coefficient (Wildman–Crippen LogP) is 0.895. The van der Waals surface area contributed by atoms with Crippen LogP contribution < -0.4 is 5.73 Å². The molecule has 0 radical (unpaired) electrons. The Kier molecular flexibility index (Phi) is 5.90. The van der Waals surface area contributed by atoms with Gasteiger partial charge in [0, 0.05) is 13.0 Å². The first kappa shape index (κ1) is 16.9. The third kappa shape index (κ3) is 5.43. The fourth-order valence-corrected chi connectivity index (χ4v) is 1.54. The molecule has 0 bridgehead atoms. The van der Waals surface area contributed by atoms with Crippen LogP contribution in [0.1, 0.15) is 12.2 Å². The lowest BCUT2D eigenvalue weighted by Gasteiger charge is -2.21. The number of aromatic nitrogens is 3. The van der Waals surface area contributed by atoms with E-state index < -0.39 is 18.8 Å². The standard InChI is InChI=1S/C10H15ClF3N5O/c1-19(5-6(20)10(12,13)14)4-2-3-7-16-9(15)8(11)18-17-7/h6,20H,2-5H2,1H3,(H2,15,16,17)/t6-/m1/s1. The van der Waals surface area contributed by atoms with Gasteiger partial charge in [0.25, 0.3) is 0 Å². The third-order valence-corrected chi connectivity index (χ3v) is 2.79. The van der Waals surface area contributed by atoms with E-state index in [0.29, 0.717) is 25.2 Å². The van der Waals surface area contributed by atoms with Gasteiger partial charge in [-0.1, -0.05) is 11.6 Å². The van der Waals surface area contributed by atoms with Crippen molar-refractivity contribution >= 4 is 17.4 Å². The summed E-state index contributed by atoms with van der Waals surface area (Å²) in [5.41, 5.74) is 5.45. The maximum atomic E-state index is 12.1. The van der Waals surface area contributed by atoms with Crippen molar-refractivity contribution in [2.24, 2.45) is 0 Å². The van der Waals surface area contributed by atoms with Crippen LogP contribution in [0, 0.1) is 0 Å². The molecule has 0 amide bonds. The minimum atomic E-state index is -4.61. The predicted molar refractivity (Wildman–Crippen MR) is 67.1 cm³/mol. The molecule has 0 aliphatic rings. The molecule has 0 fully saturated rings. The van der Waals surface area contributed by atoms with Crippen molar-refractivity contribution in [3.8, 4) is 0 Å². The smallest absolute Gasteiger partial charge is 0.382 e. The Balaban J connectivity index is 2.35. The van der Waals surface area contributed by atoms with Gasteiger partial charge in [0.05, 0.1) is 0 Å². The quantitative estimate of drug-likeness (QED) is 0.811. The average Bonchev–Trinajstić information content (AvgIpc) is 2.32. The van der Waals surface area contributed by atoms with Gasteiger partial charge in [-0.05, 0) is 20.0 Å². The molecule has 1 heterocycles. The second-order valence-electron chi connectivity index (χ2n) is 4.33. The Morgan fingerprint density at radius 1 is 1.40 bits per heavy atom. The van der Waals surface area contributed by atoms with Crippen molar-refractivity contribution in [1.82, 2.24) is 20.1 Å². The second kappa shape index (κ2) is 7.00. The molecule has 10 heteroatoms. The van der Waals surface area contributed by atoms with Crippen LogP contribution in [0.2, 0.25) is 5.15 Å². The number of nitrogens with zero attached hydrogens (tertiary/aromatic N) is 4. The van der Waals surface area contributed by atoms with Gasteiger partial charge < -0.3 is 15.7 Å². The molecule has 0 aliphatic carbocycles. The molecule has 0 saturated heterocycles. The summed E-state index contributed by atoms with van der Waals surface area (Å²) in [7, 11) is 1.49. The van der Waals surface area contributed by atoms with Crippen molar-refractivity contribution in [3.63, 3.8) is 0 Å². The first-order valence-electron chi connectivity index (χ1n) is 5.78. The zero-order chi connectivity index (χ0) is 15.3. The van der Waals surface area contributed by atoms with Crippen molar-refractivity contribution in [2.75, 3.05) is 25.9 Å². The van der Waals surface area contributed by atoms with Crippen LogP contribution in [0.15, 0.2) is 0 Å². The molecule has 0 aromatic carbocycles. The number of halogens is 4. The Bertz CT molecular complexity index is 445. The van der Waals surface area contributed by atoms with Crippen LogP contribution in [0.5, 0.6) is 0 Å². The summed E-state index contributed by atoms with van der Waals surface area (Å²) in [5.74, 6) is 0.439. The van der Waals surface area contributed by atoms with Crippen LogP contribution in [-0.4, -0.2) is 57.6 Å². The summed E-state index contributed by atoms with van der Waals surface area (Å²) >= 11 is 5.56. The topological polar surface area (TPSA) is 88.2 Å². The molecule has 0 aliphatic heterocycles. The summed E-state index contributed by atoms with van der Waals surface area (Å²) < 4.78 is 36.4. The Morgan fingerprint density at radius 3 is 2.60 bits per heavy atom. The van der Waals surface area contributed by atoms with E-state index >= 15 is 0 Å². The zero-order valence-electron chi connectivity index (χ0n) is 10.7. The highest BCUT2D eigenvalue weighted by atomic mass is 35.5. The number of likely N-dealkylation sites (N-methyl/N-ethyl adjacent to an activating group) is 1. The fourth-order valence-electron chi connectivity index (χ4n) is 1.46. The highest BCUT2D eigenvalue weighted by Gasteiger charge is 2.38. The minimum Gasteiger partial charge on any atom is -0.382 e. The number of anilines is 1. The van der Waals surface area contributed by atoms with Gasteiger partial charge >= 0.3 is 6.18 Å². The maximum absolute atomic E-state index is 12.1. The summed E-state index contributed by atoms with van der Waals surface area (Å²) in [6.07, 6.45) is -6.05. The molecule has 1 rings (SSSR count). The first-order chi connectivity index (χ1) is 9.20. The number of nitrogens with two attached hydrogens (primary N) is 1. The number of alkyl halides is 3. The minimum absolute atomic E-state index is 0.0131. The van der Waals surface area contributed by atoms with Crippen molar-refractivity contribution < 1.29 is 18.3 Å². The van der Waals surface area contributed by atoms with E-state index in [1.807, 2.05) is 0 Å². The van der Waals surface area contributed by atoms with Gasteiger partial charge in [0.15, 0.2) is 22.9 Å². The number of hydrogen-bond donors (Lipinski definition) is 2. The molecule has 1 aromatic heterocycles. The lowest BCUT2D eigenvalue weighted by Crippen LogP contribution is -2.39. The normalized spacial score (nSPS) is 13.8. The lowest BCUT2D eigenvalue weighted by molar-refractivity contribution is -0.207. The number of hydrogen-bond acceptors (Lipinski definition) is 6. The van der Waals surface area contributed by atoms with Gasteiger partial charge in [0.2, 0.25) is 0 Å². The van der Waals surface area contributed by atoms with Gasteiger partial charge in [-0.2, -0.15) is 13.2 Å². The van der Waals surface area contributed by atoms with E-state index in [4.69, 9.17) is 22.4 Å². The van der Waals surface area contributed by atoms with Crippen LogP contribution in [0.25, 0.3) is 0 Å². The lowest BCUT2D eigenvalue weighted by atomic mass is 10.2. The largest absolute Gasteiger partial charge is 0.415 e. The number of rotatable bonds is 6. The van der Waals surface area contributed by atoms with Crippen LogP contribution in [0.4, 0.5) is 19.0 Å². The molecular weight excluding hydrogens is 299 g/mol. The van der Waals surface area contributed by atoms with E-state index in [0.717, 1.165) is 0 Å². The number of aliphatic hydroxyl groups is 1. The number of aliphatic hydroxyl groups excluding tert-OH is 1. The first-order valence-corrected chi connectivity index (χ1v) is 6.16. The molecular formula is C10H15ClF3N5O. The van der Waals surface area contributed by atoms with Gasteiger partial charge in [0.1, 0.15) is 0 Å². The Morgan fingerprint density at radius 2 is 2.05 bits per heavy atom. The van der Waals surface area contributed by atoms with Crippen molar-refractivity contribution in [1.29, 1.82) is 0 Å². The molecule has 3 N–H and O–H groups in total. The maximum Gasteiger partial charge on any atom is 0.415 e. The van der Waals surface area contributed by atoms with Crippen molar-refractivity contribution in [2.45, 2.75) is 25.1 Å². The van der Waals surface area contributed by atoms with Crippen molar-refractivity contribution in [3.05, 3.63) is 11.0 Å². The van der Waals surface area contributed by atoms with Gasteiger partial charge in [-0.25, -0.2) is 4.98 Å².